The molecule has 0 radical (unpaired) electrons. The molecule has 0 saturated heterocycles. The summed E-state index contributed by atoms with van der Waals surface area (Å²) in [6.45, 7) is 30.0. The summed E-state index contributed by atoms with van der Waals surface area (Å²) in [6, 6.07) is -2.50. The molecule has 0 amide bonds. The van der Waals surface area contributed by atoms with Crippen LogP contribution in [0.15, 0.2) is 54.6 Å². The van der Waals surface area contributed by atoms with Gasteiger partial charge in [0.15, 0.2) is 0 Å². The van der Waals surface area contributed by atoms with Crippen molar-refractivity contribution in [1.82, 2.24) is 0 Å². The highest BCUT2D eigenvalue weighted by Gasteiger charge is 2.42. The van der Waals surface area contributed by atoms with Crippen LogP contribution in [0.25, 0.3) is 0 Å². The smallest absolute Gasteiger partial charge is 0.416 e. The first-order chi connectivity index (χ1) is 37.4. The minimum Gasteiger partial charge on any atom is -1.00 e. The fourth-order valence-electron chi connectivity index (χ4n) is 8.98. The molecule has 492 valence electrons. The van der Waals surface area contributed by atoms with E-state index in [-0.39, 0.29) is 66.7 Å². The number of benzene rings is 3. The van der Waals surface area contributed by atoms with Crippen molar-refractivity contribution in [3.05, 3.63) is 88.0 Å². The summed E-state index contributed by atoms with van der Waals surface area (Å²) in [5.41, 5.74) is -17.2. The van der Waals surface area contributed by atoms with Gasteiger partial charge in [0.2, 0.25) is 0 Å². The molecule has 28 heteroatoms. The Bertz CT molecular complexity index is 1930. The number of rotatable bonds is 30. The van der Waals surface area contributed by atoms with Crippen LogP contribution in [0.5, 0.6) is 0 Å². The molecule has 7 nitrogen and oxygen atoms in total. The monoisotopic (exact) mass is 1300 g/mol. The Morgan fingerprint density at radius 1 is 0.298 bits per heavy atom. The van der Waals surface area contributed by atoms with Gasteiger partial charge in [-0.15, -0.1) is 0 Å². The maximum Gasteiger partial charge on any atom is 0.416 e. The summed E-state index contributed by atoms with van der Waals surface area (Å²) in [5, 5.41) is 4.26. The number of nitrogens with zero attached hydrogens (tertiary/aromatic N) is 2. The molecule has 0 aromatic heterocycles. The second-order valence-electron chi connectivity index (χ2n) is 20.6. The van der Waals surface area contributed by atoms with Gasteiger partial charge < -0.3 is 54.5 Å². The lowest BCUT2D eigenvalue weighted by Crippen LogP contribution is -3.00. The van der Waals surface area contributed by atoms with Crippen molar-refractivity contribution < 1.29 is 123 Å². The first-order valence-corrected chi connectivity index (χ1v) is 29.6. The van der Waals surface area contributed by atoms with Crippen molar-refractivity contribution in [2.24, 2.45) is 0 Å². The molecule has 3 aromatic carbocycles. The van der Waals surface area contributed by atoms with Crippen LogP contribution in [-0.4, -0.2) is 66.8 Å². The summed E-state index contributed by atoms with van der Waals surface area (Å²) in [4.78, 5) is 0. The Balaban J connectivity index is -0.00000146. The molecular formula is C56H86Cl2F18N5O2P. The lowest BCUT2D eigenvalue weighted by atomic mass is 10.1. The van der Waals surface area contributed by atoms with Crippen molar-refractivity contribution in [3.63, 3.8) is 0 Å². The molecule has 0 unspecified atom stereocenters. The predicted molar refractivity (Wildman–Crippen MR) is 290 cm³/mol. The number of nitrogens with one attached hydrogen (secondary N) is 3. The number of alkyl halides is 18. The first kappa shape index (κ1) is 84.7. The molecule has 0 spiro atoms. The van der Waals surface area contributed by atoms with Gasteiger partial charge in [0, 0.05) is 17.1 Å². The van der Waals surface area contributed by atoms with E-state index in [4.69, 9.17) is 0 Å². The zero-order valence-electron chi connectivity index (χ0n) is 49.0. The minimum absolute atomic E-state index is 0. The molecule has 0 bridgehead atoms. The van der Waals surface area contributed by atoms with E-state index in [9.17, 15) is 83.6 Å². The van der Waals surface area contributed by atoms with Gasteiger partial charge >= 0.3 is 44.7 Å². The summed E-state index contributed by atoms with van der Waals surface area (Å²) >= 11 is 0. The third-order valence-corrected chi connectivity index (χ3v) is 15.2. The van der Waals surface area contributed by atoms with E-state index < -0.39 is 113 Å². The third kappa shape index (κ3) is 30.9. The molecule has 0 aliphatic heterocycles. The van der Waals surface area contributed by atoms with Crippen molar-refractivity contribution in [2.75, 3.05) is 67.6 Å². The van der Waals surface area contributed by atoms with Crippen LogP contribution < -0.4 is 40.1 Å². The van der Waals surface area contributed by atoms with E-state index in [1.807, 2.05) is 0 Å². The van der Waals surface area contributed by atoms with Crippen molar-refractivity contribution in [2.45, 2.75) is 195 Å². The molecule has 3 aromatic rings. The van der Waals surface area contributed by atoms with Gasteiger partial charge in [-0.1, -0.05) is 107 Å². The van der Waals surface area contributed by atoms with Gasteiger partial charge in [-0.3, -0.25) is 4.57 Å². The number of anilines is 3. The summed E-state index contributed by atoms with van der Waals surface area (Å²) in [7, 11) is -5.77. The predicted octanol–water partition coefficient (Wildman–Crippen LogP) is 14.7. The summed E-state index contributed by atoms with van der Waals surface area (Å²) in [6.07, 6.45) is -11.3. The Labute approximate surface area is 496 Å². The van der Waals surface area contributed by atoms with E-state index in [1.165, 1.54) is 179 Å². The first-order valence-electron chi connectivity index (χ1n) is 27.9. The number of hydrogen-bond acceptors (Lipinski definition) is 1. The van der Waals surface area contributed by atoms with Gasteiger partial charge in [0.25, 0.3) is 0 Å². The van der Waals surface area contributed by atoms with Crippen LogP contribution in [0.2, 0.25) is 0 Å². The van der Waals surface area contributed by atoms with Crippen molar-refractivity contribution >= 4 is 24.7 Å². The highest BCUT2D eigenvalue weighted by Crippen LogP contribution is 2.50. The Morgan fingerprint density at radius 3 is 0.536 bits per heavy atom. The number of hydrogen-bond donors (Lipinski definition) is 3. The zero-order valence-corrected chi connectivity index (χ0v) is 51.4. The highest BCUT2D eigenvalue weighted by molar-refractivity contribution is 7.68. The Kier molecular flexibility index (Phi) is 38.3. The Morgan fingerprint density at radius 2 is 0.429 bits per heavy atom. The average molecular weight is 1310 g/mol. The SMILES string of the molecule is CCCC[N+](CCCC)(CCCC)CCCC.CCCC[N+](CCCC)(CCCC)CCCC.O.O=P(Nc1cc(C(F)(F)F)cc(C(F)(F)F)c1)(Nc1cc(C(F)(F)F)cc(C(F)(F)F)c1)Nc1cc(C(F)(F)F)cc(C(F)(F)F)c1.[Cl-].[Cl-]. The molecule has 0 atom stereocenters. The van der Waals surface area contributed by atoms with E-state index in [1.54, 1.807) is 0 Å². The average Bonchev–Trinajstić information content (AvgIpc) is 3.36. The van der Waals surface area contributed by atoms with Crippen LogP contribution in [0.4, 0.5) is 96.1 Å². The topological polar surface area (TPSA) is 84.7 Å². The molecule has 5 N–H and O–H groups in total. The maximum atomic E-state index is 13.9. The Hall–Kier alpha value is -3.51. The fourth-order valence-corrected chi connectivity index (χ4v) is 10.6. The molecule has 84 heavy (non-hydrogen) atoms. The van der Waals surface area contributed by atoms with Gasteiger partial charge in [-0.2, -0.15) is 79.0 Å². The minimum atomic E-state index is -5.77. The van der Waals surface area contributed by atoms with Crippen molar-refractivity contribution in [3.8, 4) is 0 Å². The molecule has 0 aliphatic carbocycles. The van der Waals surface area contributed by atoms with E-state index in [0.29, 0.717) is 0 Å². The normalized spacial score (nSPS) is 12.6. The standard InChI is InChI=1S/C24H12F18N3OP.2C16H36N.2ClH.H2O/c25-19(26,27)10-1-11(20(28,29)30)5-16(4-10)43-47(46,44-17-6-12(21(31,32)33)2-13(7-17)22(34,35)36)45-18-8-14(23(37,38)39)3-15(9-18)24(40,41)42;2*1-5-9-13-17(14-10-6-2,15-11-7-3)16-12-8-4;;;/h1-9H,(H3,43,44,45,46);2*5-16H2,1-4H3;2*1H;1H2/q;2*+1;;;/p-2. The second-order valence-corrected chi connectivity index (χ2v) is 22.5. The van der Waals surface area contributed by atoms with E-state index in [0.717, 1.165) is 0 Å². The van der Waals surface area contributed by atoms with Crippen LogP contribution in [-0.2, 0) is 41.6 Å². The largest absolute Gasteiger partial charge is 1.00 e. The number of halogens is 20. The van der Waals surface area contributed by atoms with Crippen LogP contribution in [0.3, 0.4) is 0 Å². The lowest BCUT2D eigenvalue weighted by Gasteiger charge is -2.39. The molecule has 3 rings (SSSR count). The van der Waals surface area contributed by atoms with E-state index >= 15 is 0 Å². The lowest BCUT2D eigenvalue weighted by molar-refractivity contribution is -0.929. The zero-order chi connectivity index (χ0) is 62.2. The van der Waals surface area contributed by atoms with Gasteiger partial charge in [0.05, 0.1) is 85.7 Å². The van der Waals surface area contributed by atoms with Gasteiger partial charge in [-0.25, -0.2) is 0 Å². The second kappa shape index (κ2) is 38.0. The van der Waals surface area contributed by atoms with Gasteiger partial charge in [-0.05, 0) is 106 Å². The maximum absolute atomic E-state index is 13.9. The fraction of sp³-hybridized carbons (Fsp3) is 0.679. The van der Waals surface area contributed by atoms with E-state index in [2.05, 4.69) is 55.4 Å². The summed E-state index contributed by atoms with van der Waals surface area (Å²) in [5.74, 6) is 0. The molecule has 0 aliphatic rings. The van der Waals surface area contributed by atoms with Crippen molar-refractivity contribution in [1.29, 1.82) is 0 Å². The molecule has 0 fully saturated rings. The molecular weight excluding hydrogens is 1220 g/mol. The van der Waals surface area contributed by atoms with Crippen LogP contribution in [0, 0.1) is 0 Å². The van der Waals surface area contributed by atoms with Crippen LogP contribution in [0.1, 0.15) is 192 Å². The molecule has 0 heterocycles. The number of quaternary nitrogens is 2. The highest BCUT2D eigenvalue weighted by atomic mass is 35.5. The molecule has 0 saturated carbocycles. The quantitative estimate of drug-likeness (QED) is 0.0353. The third-order valence-electron chi connectivity index (χ3n) is 13.5. The number of unbranched alkanes of at least 4 members (excludes halogenated alkanes) is 8. The van der Waals surface area contributed by atoms with Gasteiger partial charge in [0.1, 0.15) is 0 Å². The summed E-state index contributed by atoms with van der Waals surface area (Å²) < 4.78 is 257. The van der Waals surface area contributed by atoms with Crippen LogP contribution >= 0.6 is 7.59 Å².